The van der Waals surface area contributed by atoms with Crippen molar-refractivity contribution in [1.82, 2.24) is 0 Å². The third kappa shape index (κ3) is 5.35. The van der Waals surface area contributed by atoms with Gasteiger partial charge in [-0.15, -0.1) is 0 Å². The Balaban J connectivity index is 2.57. The van der Waals surface area contributed by atoms with Gasteiger partial charge in [0.05, 0.1) is 0 Å². The first kappa shape index (κ1) is 14.7. The van der Waals surface area contributed by atoms with E-state index >= 15 is 0 Å². The zero-order valence-corrected chi connectivity index (χ0v) is 11.7. The van der Waals surface area contributed by atoms with Gasteiger partial charge in [-0.1, -0.05) is 57.0 Å². The van der Waals surface area contributed by atoms with Gasteiger partial charge in [-0.05, 0) is 24.3 Å². The Morgan fingerprint density at radius 1 is 1.28 bits per heavy atom. The molecule has 0 radical (unpaired) electrons. The molecule has 0 saturated heterocycles. The van der Waals surface area contributed by atoms with Crippen LogP contribution in [0, 0.1) is 5.92 Å². The van der Waals surface area contributed by atoms with Crippen molar-refractivity contribution in [2.24, 2.45) is 5.92 Å². The molecule has 0 heterocycles. The summed E-state index contributed by atoms with van der Waals surface area (Å²) in [4.78, 5) is 11.2. The summed E-state index contributed by atoms with van der Waals surface area (Å²) in [6.07, 6.45) is 4.21. The quantitative estimate of drug-likeness (QED) is 0.682. The lowest BCUT2D eigenvalue weighted by atomic mass is 9.92. The van der Waals surface area contributed by atoms with Crippen LogP contribution in [0.5, 0.6) is 0 Å². The van der Waals surface area contributed by atoms with Gasteiger partial charge in [0.15, 0.2) is 0 Å². The smallest absolute Gasteiger partial charge is 0.302 e. The predicted octanol–water partition coefficient (Wildman–Crippen LogP) is 3.99. The van der Waals surface area contributed by atoms with E-state index in [9.17, 15) is 4.79 Å². The van der Waals surface area contributed by atoms with Crippen LogP contribution in [0.25, 0.3) is 0 Å². The van der Waals surface area contributed by atoms with E-state index in [0.29, 0.717) is 5.92 Å². The van der Waals surface area contributed by atoms with Gasteiger partial charge in [-0.3, -0.25) is 4.79 Å². The average Bonchev–Trinajstić information content (AvgIpc) is 2.35. The maximum atomic E-state index is 11.2. The number of rotatable bonds is 7. The summed E-state index contributed by atoms with van der Waals surface area (Å²) in [5.41, 5.74) is 1.30. The standard InChI is InChI=1S/C16H24O2/c1-4-5-11-16(18-14(3)17)13(2)12-15-9-7-6-8-10-15/h6-10,13,16H,4-5,11-12H2,1-3H3. The Bertz CT molecular complexity index is 345. The SMILES string of the molecule is CCCCC(OC(C)=O)C(C)Cc1ccccc1. The van der Waals surface area contributed by atoms with Crippen molar-refractivity contribution in [3.05, 3.63) is 35.9 Å². The van der Waals surface area contributed by atoms with Crippen LogP contribution in [0.4, 0.5) is 0 Å². The number of ether oxygens (including phenoxy) is 1. The molecule has 0 aliphatic carbocycles. The van der Waals surface area contributed by atoms with E-state index < -0.39 is 0 Å². The van der Waals surface area contributed by atoms with Crippen LogP contribution in [0.2, 0.25) is 0 Å². The second kappa shape index (κ2) is 7.91. The van der Waals surface area contributed by atoms with E-state index in [4.69, 9.17) is 4.74 Å². The van der Waals surface area contributed by atoms with Crippen molar-refractivity contribution in [3.63, 3.8) is 0 Å². The predicted molar refractivity (Wildman–Crippen MR) is 74.4 cm³/mol. The molecule has 0 N–H and O–H groups in total. The lowest BCUT2D eigenvalue weighted by Crippen LogP contribution is -2.25. The number of benzene rings is 1. The van der Waals surface area contributed by atoms with Crippen molar-refractivity contribution < 1.29 is 9.53 Å². The van der Waals surface area contributed by atoms with Crippen molar-refractivity contribution >= 4 is 5.97 Å². The first-order chi connectivity index (χ1) is 8.63. The molecule has 1 rings (SSSR count). The fraction of sp³-hybridized carbons (Fsp3) is 0.562. The normalized spacial score (nSPS) is 13.9. The summed E-state index contributed by atoms with van der Waals surface area (Å²) in [6.45, 7) is 5.82. The monoisotopic (exact) mass is 248 g/mol. The molecule has 100 valence electrons. The van der Waals surface area contributed by atoms with Crippen LogP contribution in [-0.4, -0.2) is 12.1 Å². The second-order valence-electron chi connectivity index (χ2n) is 4.96. The lowest BCUT2D eigenvalue weighted by molar-refractivity contribution is -0.149. The Labute approximate surface area is 110 Å². The van der Waals surface area contributed by atoms with Crippen molar-refractivity contribution in [2.45, 2.75) is 52.6 Å². The number of esters is 1. The van der Waals surface area contributed by atoms with Crippen molar-refractivity contribution in [2.75, 3.05) is 0 Å². The van der Waals surface area contributed by atoms with E-state index in [1.165, 1.54) is 12.5 Å². The average molecular weight is 248 g/mol. The summed E-state index contributed by atoms with van der Waals surface area (Å²) in [5, 5.41) is 0. The van der Waals surface area contributed by atoms with E-state index in [1.54, 1.807) is 0 Å². The molecule has 2 heteroatoms. The lowest BCUT2D eigenvalue weighted by Gasteiger charge is -2.23. The van der Waals surface area contributed by atoms with E-state index in [0.717, 1.165) is 25.7 Å². The summed E-state index contributed by atoms with van der Waals surface area (Å²) < 4.78 is 5.45. The van der Waals surface area contributed by atoms with Crippen LogP contribution in [0.3, 0.4) is 0 Å². The molecular weight excluding hydrogens is 224 g/mol. The molecule has 0 bridgehead atoms. The van der Waals surface area contributed by atoms with E-state index in [1.807, 2.05) is 6.07 Å². The molecular formula is C16H24O2. The van der Waals surface area contributed by atoms with Gasteiger partial charge in [0, 0.05) is 6.92 Å². The van der Waals surface area contributed by atoms with Gasteiger partial charge in [0.25, 0.3) is 0 Å². The number of hydrogen-bond acceptors (Lipinski definition) is 2. The highest BCUT2D eigenvalue weighted by molar-refractivity contribution is 5.66. The van der Waals surface area contributed by atoms with Crippen molar-refractivity contribution in [1.29, 1.82) is 0 Å². The van der Waals surface area contributed by atoms with Crippen LogP contribution in [-0.2, 0) is 16.0 Å². The number of carbonyl (C=O) groups excluding carboxylic acids is 1. The largest absolute Gasteiger partial charge is 0.462 e. The number of unbranched alkanes of at least 4 members (excludes halogenated alkanes) is 1. The van der Waals surface area contributed by atoms with Gasteiger partial charge in [-0.2, -0.15) is 0 Å². The topological polar surface area (TPSA) is 26.3 Å². The van der Waals surface area contributed by atoms with Crippen LogP contribution < -0.4 is 0 Å². The first-order valence-corrected chi connectivity index (χ1v) is 6.84. The molecule has 0 aliphatic rings. The molecule has 0 spiro atoms. The summed E-state index contributed by atoms with van der Waals surface area (Å²) >= 11 is 0. The van der Waals surface area contributed by atoms with Gasteiger partial charge in [0.1, 0.15) is 6.10 Å². The van der Waals surface area contributed by atoms with Gasteiger partial charge < -0.3 is 4.74 Å². The fourth-order valence-electron chi connectivity index (χ4n) is 2.20. The third-order valence-corrected chi connectivity index (χ3v) is 3.19. The molecule has 0 aromatic heterocycles. The molecule has 1 aromatic rings. The molecule has 18 heavy (non-hydrogen) atoms. The van der Waals surface area contributed by atoms with Crippen LogP contribution >= 0.6 is 0 Å². The Hall–Kier alpha value is -1.31. The molecule has 0 saturated carbocycles. The molecule has 0 aliphatic heterocycles. The minimum absolute atomic E-state index is 0.0441. The molecule has 0 fully saturated rings. The molecule has 2 nitrogen and oxygen atoms in total. The fourth-order valence-corrected chi connectivity index (χ4v) is 2.20. The van der Waals surface area contributed by atoms with E-state index in [-0.39, 0.29) is 12.1 Å². The summed E-state index contributed by atoms with van der Waals surface area (Å²) in [6, 6.07) is 10.4. The highest BCUT2D eigenvalue weighted by Crippen LogP contribution is 2.19. The summed E-state index contributed by atoms with van der Waals surface area (Å²) in [7, 11) is 0. The first-order valence-electron chi connectivity index (χ1n) is 6.84. The van der Waals surface area contributed by atoms with Crippen LogP contribution in [0.1, 0.15) is 45.6 Å². The van der Waals surface area contributed by atoms with Gasteiger partial charge >= 0.3 is 5.97 Å². The molecule has 2 atom stereocenters. The third-order valence-electron chi connectivity index (χ3n) is 3.19. The number of hydrogen-bond donors (Lipinski definition) is 0. The van der Waals surface area contributed by atoms with Crippen LogP contribution in [0.15, 0.2) is 30.3 Å². The minimum atomic E-state index is -0.170. The van der Waals surface area contributed by atoms with Gasteiger partial charge in [-0.25, -0.2) is 0 Å². The van der Waals surface area contributed by atoms with Gasteiger partial charge in [0.2, 0.25) is 0 Å². The Morgan fingerprint density at radius 2 is 1.94 bits per heavy atom. The maximum Gasteiger partial charge on any atom is 0.302 e. The highest BCUT2D eigenvalue weighted by atomic mass is 16.5. The molecule has 0 amide bonds. The zero-order chi connectivity index (χ0) is 13.4. The summed E-state index contributed by atoms with van der Waals surface area (Å²) in [5.74, 6) is 0.193. The van der Waals surface area contributed by atoms with E-state index in [2.05, 4.69) is 38.1 Å². The number of carbonyl (C=O) groups is 1. The van der Waals surface area contributed by atoms with Crippen molar-refractivity contribution in [3.8, 4) is 0 Å². The second-order valence-corrected chi connectivity index (χ2v) is 4.96. The molecule has 1 aromatic carbocycles. The zero-order valence-electron chi connectivity index (χ0n) is 11.7. The Morgan fingerprint density at radius 3 is 2.50 bits per heavy atom. The Kier molecular flexibility index (Phi) is 6.48. The molecule has 2 unspecified atom stereocenters. The highest BCUT2D eigenvalue weighted by Gasteiger charge is 2.19. The maximum absolute atomic E-state index is 11.2. The minimum Gasteiger partial charge on any atom is -0.462 e.